The second-order valence-corrected chi connectivity index (χ2v) is 5.82. The smallest absolute Gasteiger partial charge is 0.147 e. The number of rotatable bonds is 4. The maximum Gasteiger partial charge on any atom is 0.147 e. The van der Waals surface area contributed by atoms with Crippen molar-refractivity contribution in [1.29, 1.82) is 0 Å². The van der Waals surface area contributed by atoms with Gasteiger partial charge in [-0.1, -0.05) is 36.4 Å². The van der Waals surface area contributed by atoms with Crippen molar-refractivity contribution in [3.63, 3.8) is 0 Å². The van der Waals surface area contributed by atoms with Crippen LogP contribution in [0.25, 0.3) is 0 Å². The Morgan fingerprint density at radius 1 is 1.05 bits per heavy atom. The lowest BCUT2D eigenvalue weighted by molar-refractivity contribution is 0.615. The number of nitrogens with one attached hydrogen (secondary N) is 1. The fourth-order valence-corrected chi connectivity index (χ4v) is 2.81. The van der Waals surface area contributed by atoms with E-state index in [0.29, 0.717) is 11.6 Å². The Labute approximate surface area is 121 Å². The molecule has 98 valence electrons. The van der Waals surface area contributed by atoms with E-state index < -0.39 is 0 Å². The lowest BCUT2D eigenvalue weighted by Crippen LogP contribution is -2.14. The summed E-state index contributed by atoms with van der Waals surface area (Å²) in [6, 6.07) is 15.5. The van der Waals surface area contributed by atoms with Crippen LogP contribution in [0, 0.1) is 11.7 Å². The first-order valence-electron chi connectivity index (χ1n) is 6.51. The zero-order chi connectivity index (χ0) is 13.2. The van der Waals surface area contributed by atoms with E-state index in [2.05, 4.69) is 33.4 Å². The molecule has 1 aliphatic rings. The van der Waals surface area contributed by atoms with E-state index >= 15 is 0 Å². The number of anilines is 1. The zero-order valence-electron chi connectivity index (χ0n) is 10.4. The quantitative estimate of drug-likeness (QED) is 0.821. The number of benzene rings is 2. The molecule has 0 aliphatic heterocycles. The van der Waals surface area contributed by atoms with Crippen LogP contribution < -0.4 is 5.32 Å². The van der Waals surface area contributed by atoms with E-state index in [9.17, 15) is 4.39 Å². The maximum absolute atomic E-state index is 13.9. The summed E-state index contributed by atoms with van der Waals surface area (Å²) in [5, 5.41) is 3.37. The molecule has 0 saturated heterocycles. The van der Waals surface area contributed by atoms with Gasteiger partial charge in [0.05, 0.1) is 11.7 Å². The van der Waals surface area contributed by atoms with Crippen molar-refractivity contribution in [1.82, 2.24) is 0 Å². The molecule has 0 aromatic heterocycles. The van der Waals surface area contributed by atoms with Gasteiger partial charge >= 0.3 is 0 Å². The molecule has 1 fully saturated rings. The van der Waals surface area contributed by atoms with Gasteiger partial charge in [0.25, 0.3) is 0 Å². The van der Waals surface area contributed by atoms with Crippen LogP contribution >= 0.6 is 15.9 Å². The van der Waals surface area contributed by atoms with Gasteiger partial charge in [0.2, 0.25) is 0 Å². The molecule has 0 heterocycles. The van der Waals surface area contributed by atoms with Crippen molar-refractivity contribution >= 4 is 21.6 Å². The topological polar surface area (TPSA) is 12.0 Å². The standard InChI is InChI=1S/C16H15BrFN/c17-13-7-4-8-14(18)16(13)19-15(12-9-10-12)11-5-2-1-3-6-11/h1-8,12,15,19H,9-10H2. The van der Waals surface area contributed by atoms with Crippen molar-refractivity contribution < 1.29 is 4.39 Å². The molecule has 1 atom stereocenters. The fraction of sp³-hybridized carbons (Fsp3) is 0.250. The summed E-state index contributed by atoms with van der Waals surface area (Å²) in [4.78, 5) is 0. The van der Waals surface area contributed by atoms with Gasteiger partial charge in [-0.15, -0.1) is 0 Å². The van der Waals surface area contributed by atoms with Crippen molar-refractivity contribution in [3.8, 4) is 0 Å². The average Bonchev–Trinajstić information content (AvgIpc) is 3.24. The molecular formula is C16H15BrFN. The first-order chi connectivity index (χ1) is 9.25. The Hall–Kier alpha value is -1.35. The van der Waals surface area contributed by atoms with Gasteiger partial charge in [-0.2, -0.15) is 0 Å². The van der Waals surface area contributed by atoms with Crippen LogP contribution in [0.3, 0.4) is 0 Å². The van der Waals surface area contributed by atoms with E-state index in [1.54, 1.807) is 6.07 Å². The number of hydrogen-bond donors (Lipinski definition) is 1. The summed E-state index contributed by atoms with van der Waals surface area (Å²) >= 11 is 3.42. The first-order valence-corrected chi connectivity index (χ1v) is 7.30. The Bertz CT molecular complexity index is 546. The summed E-state index contributed by atoms with van der Waals surface area (Å²) in [5.41, 5.74) is 1.78. The van der Waals surface area contributed by atoms with Crippen LogP contribution in [0.15, 0.2) is 53.0 Å². The molecule has 0 amide bonds. The van der Waals surface area contributed by atoms with Gasteiger partial charge in [0.1, 0.15) is 5.82 Å². The van der Waals surface area contributed by atoms with Gasteiger partial charge in [-0.25, -0.2) is 4.39 Å². The van der Waals surface area contributed by atoms with Gasteiger partial charge in [-0.05, 0) is 52.4 Å². The molecule has 0 bridgehead atoms. The lowest BCUT2D eigenvalue weighted by atomic mass is 10.0. The first kappa shape index (κ1) is 12.7. The van der Waals surface area contributed by atoms with Crippen molar-refractivity contribution in [2.75, 3.05) is 5.32 Å². The molecule has 1 unspecified atom stereocenters. The second kappa shape index (κ2) is 5.33. The molecule has 1 saturated carbocycles. The molecule has 0 spiro atoms. The highest BCUT2D eigenvalue weighted by Crippen LogP contribution is 2.44. The summed E-state index contributed by atoms with van der Waals surface area (Å²) in [6.45, 7) is 0. The van der Waals surface area contributed by atoms with Crippen LogP contribution in [-0.2, 0) is 0 Å². The number of para-hydroxylation sites is 1. The molecular weight excluding hydrogens is 305 g/mol. The summed E-state index contributed by atoms with van der Waals surface area (Å²) in [6.07, 6.45) is 2.41. The average molecular weight is 320 g/mol. The minimum absolute atomic E-state index is 0.189. The van der Waals surface area contributed by atoms with E-state index in [0.717, 1.165) is 4.47 Å². The number of hydrogen-bond acceptors (Lipinski definition) is 1. The van der Waals surface area contributed by atoms with E-state index in [1.165, 1.54) is 24.5 Å². The molecule has 1 nitrogen and oxygen atoms in total. The molecule has 1 aliphatic carbocycles. The normalized spacial score (nSPS) is 16.1. The minimum Gasteiger partial charge on any atom is -0.375 e. The molecule has 3 rings (SSSR count). The van der Waals surface area contributed by atoms with Gasteiger partial charge in [-0.3, -0.25) is 0 Å². The third-order valence-electron chi connectivity index (χ3n) is 3.51. The van der Waals surface area contributed by atoms with Crippen LogP contribution in [0.4, 0.5) is 10.1 Å². The second-order valence-electron chi connectivity index (χ2n) is 4.97. The molecule has 2 aromatic carbocycles. The van der Waals surface area contributed by atoms with Crippen LogP contribution in [0.2, 0.25) is 0 Å². The summed E-state index contributed by atoms with van der Waals surface area (Å²) in [5.74, 6) is 0.393. The van der Waals surface area contributed by atoms with Crippen molar-refractivity contribution in [2.24, 2.45) is 5.92 Å². The molecule has 1 N–H and O–H groups in total. The highest BCUT2D eigenvalue weighted by molar-refractivity contribution is 9.10. The Kier molecular flexibility index (Phi) is 3.56. The minimum atomic E-state index is -0.212. The lowest BCUT2D eigenvalue weighted by Gasteiger charge is -2.21. The highest BCUT2D eigenvalue weighted by atomic mass is 79.9. The largest absolute Gasteiger partial charge is 0.375 e. The molecule has 2 aromatic rings. The van der Waals surface area contributed by atoms with E-state index in [1.807, 2.05) is 24.3 Å². The maximum atomic E-state index is 13.9. The molecule has 19 heavy (non-hydrogen) atoms. The van der Waals surface area contributed by atoms with Gasteiger partial charge in [0, 0.05) is 4.47 Å². The Morgan fingerprint density at radius 3 is 2.42 bits per heavy atom. The zero-order valence-corrected chi connectivity index (χ0v) is 12.0. The van der Waals surface area contributed by atoms with E-state index in [-0.39, 0.29) is 11.9 Å². The molecule has 3 heteroatoms. The predicted octanol–water partition coefficient (Wildman–Crippen LogP) is 5.15. The molecule has 0 radical (unpaired) electrons. The van der Waals surface area contributed by atoms with Crippen LogP contribution in [-0.4, -0.2) is 0 Å². The SMILES string of the molecule is Fc1cccc(Br)c1NC(c1ccccc1)C1CC1. The third-order valence-corrected chi connectivity index (χ3v) is 4.18. The van der Waals surface area contributed by atoms with Gasteiger partial charge < -0.3 is 5.32 Å². The fourth-order valence-electron chi connectivity index (χ4n) is 2.35. The van der Waals surface area contributed by atoms with Gasteiger partial charge in [0.15, 0.2) is 0 Å². The predicted molar refractivity (Wildman–Crippen MR) is 79.6 cm³/mol. The monoisotopic (exact) mass is 319 g/mol. The summed E-state index contributed by atoms with van der Waals surface area (Å²) in [7, 11) is 0. The van der Waals surface area contributed by atoms with Crippen LogP contribution in [0.1, 0.15) is 24.4 Å². The Balaban J connectivity index is 1.90. The number of halogens is 2. The van der Waals surface area contributed by atoms with E-state index in [4.69, 9.17) is 0 Å². The van der Waals surface area contributed by atoms with Crippen LogP contribution in [0.5, 0.6) is 0 Å². The summed E-state index contributed by atoms with van der Waals surface area (Å²) < 4.78 is 14.7. The van der Waals surface area contributed by atoms with Crippen molar-refractivity contribution in [3.05, 3.63) is 64.4 Å². The van der Waals surface area contributed by atoms with Crippen molar-refractivity contribution in [2.45, 2.75) is 18.9 Å². The third kappa shape index (κ3) is 2.81. The highest BCUT2D eigenvalue weighted by Gasteiger charge is 2.32. The Morgan fingerprint density at radius 2 is 1.79 bits per heavy atom.